The van der Waals surface area contributed by atoms with Crippen molar-refractivity contribution in [2.75, 3.05) is 39.4 Å². The number of hydrogen-bond acceptors (Lipinski definition) is 4. The highest BCUT2D eigenvalue weighted by atomic mass is 16.5. The molecule has 1 atom stereocenters. The van der Waals surface area contributed by atoms with Crippen LogP contribution in [0.25, 0.3) is 0 Å². The van der Waals surface area contributed by atoms with Crippen molar-refractivity contribution >= 4 is 6.03 Å². The minimum atomic E-state index is -0.147. The fourth-order valence-electron chi connectivity index (χ4n) is 3.59. The Morgan fingerprint density at radius 2 is 2.08 bits per heavy atom. The second-order valence-electron chi connectivity index (χ2n) is 7.19. The molecule has 1 N–H and O–H groups in total. The van der Waals surface area contributed by atoms with E-state index in [9.17, 15) is 4.79 Å². The summed E-state index contributed by atoms with van der Waals surface area (Å²) in [5, 5.41) is 3.21. The van der Waals surface area contributed by atoms with E-state index in [-0.39, 0.29) is 18.1 Å². The van der Waals surface area contributed by atoms with Crippen molar-refractivity contribution in [3.63, 3.8) is 0 Å². The van der Waals surface area contributed by atoms with Crippen LogP contribution in [0.5, 0.6) is 0 Å². The number of aryl methyl sites for hydroxylation is 1. The molecule has 1 aromatic rings. The molecule has 3 heterocycles. The van der Waals surface area contributed by atoms with Crippen LogP contribution in [0.4, 0.5) is 4.79 Å². The van der Waals surface area contributed by atoms with Crippen LogP contribution in [0, 0.1) is 6.92 Å². The number of nitrogens with one attached hydrogen (secondary N) is 1. The van der Waals surface area contributed by atoms with Crippen molar-refractivity contribution in [2.24, 2.45) is 0 Å². The van der Waals surface area contributed by atoms with Gasteiger partial charge in [-0.3, -0.25) is 4.90 Å². The Kier molecular flexibility index (Phi) is 5.81. The SMILES string of the molecule is C=C(C)CN1CCC(NC(=O)N2CCOC[C@@H]2c2ccc(C)o2)CC1. The van der Waals surface area contributed by atoms with Crippen molar-refractivity contribution < 1.29 is 13.9 Å². The number of ether oxygens (including phenoxy) is 1. The molecule has 2 saturated heterocycles. The zero-order valence-electron chi connectivity index (χ0n) is 15.3. The minimum Gasteiger partial charge on any atom is -0.464 e. The number of carbonyl (C=O) groups excluding carboxylic acids is 1. The topological polar surface area (TPSA) is 58.0 Å². The van der Waals surface area contributed by atoms with Crippen LogP contribution in [0.1, 0.15) is 37.3 Å². The summed E-state index contributed by atoms with van der Waals surface area (Å²) in [6.07, 6.45) is 1.96. The van der Waals surface area contributed by atoms with E-state index in [4.69, 9.17) is 9.15 Å². The maximum Gasteiger partial charge on any atom is 0.318 e. The van der Waals surface area contributed by atoms with Crippen molar-refractivity contribution in [3.05, 3.63) is 35.8 Å². The molecule has 6 heteroatoms. The predicted octanol–water partition coefficient (Wildman–Crippen LogP) is 2.71. The quantitative estimate of drug-likeness (QED) is 0.851. The minimum absolute atomic E-state index is 0.0132. The summed E-state index contributed by atoms with van der Waals surface area (Å²) in [5.41, 5.74) is 1.19. The third kappa shape index (κ3) is 4.64. The van der Waals surface area contributed by atoms with Gasteiger partial charge in [-0.25, -0.2) is 4.79 Å². The van der Waals surface area contributed by atoms with E-state index < -0.39 is 0 Å². The Labute approximate surface area is 149 Å². The monoisotopic (exact) mass is 347 g/mol. The van der Waals surface area contributed by atoms with Gasteiger partial charge in [-0.2, -0.15) is 0 Å². The fraction of sp³-hybridized carbons (Fsp3) is 0.632. The van der Waals surface area contributed by atoms with E-state index in [2.05, 4.69) is 23.7 Å². The lowest BCUT2D eigenvalue weighted by molar-refractivity contribution is 0.00302. The average molecular weight is 347 g/mol. The van der Waals surface area contributed by atoms with Gasteiger partial charge in [-0.05, 0) is 38.8 Å². The number of urea groups is 1. The fourth-order valence-corrected chi connectivity index (χ4v) is 3.59. The first kappa shape index (κ1) is 18.0. The summed E-state index contributed by atoms with van der Waals surface area (Å²) in [5.74, 6) is 1.65. The zero-order chi connectivity index (χ0) is 17.8. The number of morpholine rings is 1. The lowest BCUT2D eigenvalue weighted by Crippen LogP contribution is -2.52. The molecule has 0 aromatic carbocycles. The van der Waals surface area contributed by atoms with Crippen molar-refractivity contribution in [2.45, 2.75) is 38.8 Å². The molecule has 0 unspecified atom stereocenters. The molecular weight excluding hydrogens is 318 g/mol. The number of furan rings is 1. The highest BCUT2D eigenvalue weighted by molar-refractivity contribution is 5.75. The highest BCUT2D eigenvalue weighted by Gasteiger charge is 2.32. The highest BCUT2D eigenvalue weighted by Crippen LogP contribution is 2.26. The summed E-state index contributed by atoms with van der Waals surface area (Å²) < 4.78 is 11.3. The molecule has 0 spiro atoms. The van der Waals surface area contributed by atoms with Gasteiger partial charge in [0.25, 0.3) is 0 Å². The third-order valence-electron chi connectivity index (χ3n) is 4.89. The third-order valence-corrected chi connectivity index (χ3v) is 4.89. The average Bonchev–Trinajstić information content (AvgIpc) is 3.02. The standard InChI is InChI=1S/C19H29N3O3/c1-14(2)12-21-8-6-16(7-9-21)20-19(23)22-10-11-24-13-17(22)18-5-4-15(3)25-18/h4-5,16-17H,1,6-13H2,2-3H3,(H,20,23)/t17-/m1/s1. The summed E-state index contributed by atoms with van der Waals surface area (Å²) in [4.78, 5) is 17.1. The first-order valence-corrected chi connectivity index (χ1v) is 9.11. The van der Waals surface area contributed by atoms with E-state index in [0.717, 1.165) is 44.0 Å². The number of nitrogens with zero attached hydrogens (tertiary/aromatic N) is 2. The van der Waals surface area contributed by atoms with Crippen LogP contribution < -0.4 is 5.32 Å². The van der Waals surface area contributed by atoms with Crippen molar-refractivity contribution in [1.82, 2.24) is 15.1 Å². The molecule has 3 rings (SSSR count). The lowest BCUT2D eigenvalue weighted by Gasteiger charge is -2.37. The smallest absolute Gasteiger partial charge is 0.318 e. The van der Waals surface area contributed by atoms with Gasteiger partial charge in [0, 0.05) is 32.2 Å². The van der Waals surface area contributed by atoms with E-state index in [0.29, 0.717) is 19.8 Å². The lowest BCUT2D eigenvalue weighted by atomic mass is 10.0. The molecule has 0 aliphatic carbocycles. The van der Waals surface area contributed by atoms with E-state index in [1.165, 1.54) is 5.57 Å². The predicted molar refractivity (Wildman–Crippen MR) is 96.5 cm³/mol. The molecule has 2 amide bonds. The second-order valence-corrected chi connectivity index (χ2v) is 7.19. The summed E-state index contributed by atoms with van der Waals surface area (Å²) in [7, 11) is 0. The Hall–Kier alpha value is -1.79. The maximum absolute atomic E-state index is 12.8. The molecule has 138 valence electrons. The van der Waals surface area contributed by atoms with Gasteiger partial charge in [0.05, 0.1) is 13.2 Å². The summed E-state index contributed by atoms with van der Waals surface area (Å²) in [6, 6.07) is 3.94. The number of piperidine rings is 1. The molecule has 0 radical (unpaired) electrons. The number of carbonyl (C=O) groups is 1. The molecule has 0 bridgehead atoms. The number of hydrogen-bond donors (Lipinski definition) is 1. The van der Waals surface area contributed by atoms with Gasteiger partial charge < -0.3 is 19.4 Å². The van der Waals surface area contributed by atoms with Crippen LogP contribution >= 0.6 is 0 Å². The molecule has 2 fully saturated rings. The number of rotatable bonds is 4. The molecule has 1 aromatic heterocycles. The largest absolute Gasteiger partial charge is 0.464 e. The molecule has 6 nitrogen and oxygen atoms in total. The Morgan fingerprint density at radius 3 is 2.72 bits per heavy atom. The van der Waals surface area contributed by atoms with Crippen molar-refractivity contribution in [1.29, 1.82) is 0 Å². The van der Waals surface area contributed by atoms with Crippen LogP contribution in [0.3, 0.4) is 0 Å². The second kappa shape index (κ2) is 8.06. The molecule has 2 aliphatic rings. The number of likely N-dealkylation sites (tertiary alicyclic amines) is 1. The summed E-state index contributed by atoms with van der Waals surface area (Å²) in [6.45, 7) is 12.5. The van der Waals surface area contributed by atoms with Crippen molar-refractivity contribution in [3.8, 4) is 0 Å². The van der Waals surface area contributed by atoms with Crippen LogP contribution in [0.2, 0.25) is 0 Å². The Balaban J connectivity index is 1.55. The van der Waals surface area contributed by atoms with Gasteiger partial charge in [0.1, 0.15) is 17.6 Å². The molecule has 2 aliphatic heterocycles. The normalized spacial score (nSPS) is 22.8. The van der Waals surface area contributed by atoms with E-state index in [1.54, 1.807) is 0 Å². The summed E-state index contributed by atoms with van der Waals surface area (Å²) >= 11 is 0. The first-order valence-electron chi connectivity index (χ1n) is 9.11. The Bertz CT molecular complexity index is 605. The Morgan fingerprint density at radius 1 is 1.32 bits per heavy atom. The van der Waals surface area contributed by atoms with E-state index in [1.807, 2.05) is 24.0 Å². The van der Waals surface area contributed by atoms with Crippen LogP contribution in [-0.4, -0.2) is 61.3 Å². The zero-order valence-corrected chi connectivity index (χ0v) is 15.3. The molecule has 25 heavy (non-hydrogen) atoms. The maximum atomic E-state index is 12.8. The van der Waals surface area contributed by atoms with Gasteiger partial charge in [-0.15, -0.1) is 0 Å². The van der Waals surface area contributed by atoms with Gasteiger partial charge in [0.15, 0.2) is 0 Å². The first-order chi connectivity index (χ1) is 12.0. The van der Waals surface area contributed by atoms with E-state index >= 15 is 0 Å². The van der Waals surface area contributed by atoms with Gasteiger partial charge >= 0.3 is 6.03 Å². The molecule has 0 saturated carbocycles. The van der Waals surface area contributed by atoms with Gasteiger partial charge in [0.2, 0.25) is 0 Å². The van der Waals surface area contributed by atoms with Gasteiger partial charge in [-0.1, -0.05) is 12.2 Å². The van der Waals surface area contributed by atoms with Crippen LogP contribution in [-0.2, 0) is 4.74 Å². The number of amides is 2. The van der Waals surface area contributed by atoms with Crippen LogP contribution in [0.15, 0.2) is 28.7 Å². The molecular formula is C19H29N3O3.